The van der Waals surface area contributed by atoms with Gasteiger partial charge in [-0.25, -0.2) is 4.98 Å². The molecule has 1 aromatic carbocycles. The fraction of sp³-hybridized carbons (Fsp3) is 0.375. The summed E-state index contributed by atoms with van der Waals surface area (Å²) in [5.74, 6) is 0.379. The SMILES string of the molecule is CC[C@@H](C)c1ccc(-c2csc(NC(=O)COC)n2)cc1. The van der Waals surface area contributed by atoms with Crippen LogP contribution in [0.5, 0.6) is 0 Å². The fourth-order valence-corrected chi connectivity index (χ4v) is 2.70. The summed E-state index contributed by atoms with van der Waals surface area (Å²) in [5.41, 5.74) is 3.28. The van der Waals surface area contributed by atoms with Crippen molar-refractivity contribution in [2.24, 2.45) is 0 Å². The third-order valence-electron chi connectivity index (χ3n) is 3.41. The second kappa shape index (κ2) is 7.33. The van der Waals surface area contributed by atoms with E-state index < -0.39 is 0 Å². The lowest BCUT2D eigenvalue weighted by atomic mass is 9.97. The summed E-state index contributed by atoms with van der Waals surface area (Å²) >= 11 is 1.41. The monoisotopic (exact) mass is 304 g/mol. The summed E-state index contributed by atoms with van der Waals surface area (Å²) < 4.78 is 4.78. The van der Waals surface area contributed by atoms with E-state index in [1.165, 1.54) is 24.0 Å². The van der Waals surface area contributed by atoms with Gasteiger partial charge in [-0.05, 0) is 17.9 Å². The first-order valence-electron chi connectivity index (χ1n) is 6.98. The smallest absolute Gasteiger partial charge is 0.252 e. The van der Waals surface area contributed by atoms with Crippen molar-refractivity contribution in [3.05, 3.63) is 35.2 Å². The minimum atomic E-state index is -0.189. The van der Waals surface area contributed by atoms with Crippen LogP contribution in [0.25, 0.3) is 11.3 Å². The minimum absolute atomic E-state index is 0.0402. The third-order valence-corrected chi connectivity index (χ3v) is 4.17. The van der Waals surface area contributed by atoms with Gasteiger partial charge < -0.3 is 4.74 Å². The predicted molar refractivity (Wildman–Crippen MR) is 86.8 cm³/mol. The van der Waals surface area contributed by atoms with Crippen molar-refractivity contribution in [1.82, 2.24) is 4.98 Å². The molecule has 0 saturated heterocycles. The molecule has 0 radical (unpaired) electrons. The lowest BCUT2D eigenvalue weighted by Crippen LogP contribution is -2.16. The van der Waals surface area contributed by atoms with E-state index in [2.05, 4.69) is 48.4 Å². The Morgan fingerprint density at radius 1 is 1.38 bits per heavy atom. The normalized spacial score (nSPS) is 12.1. The lowest BCUT2D eigenvalue weighted by molar-refractivity contribution is -0.119. The van der Waals surface area contributed by atoms with Gasteiger partial charge in [0.15, 0.2) is 5.13 Å². The Labute approximate surface area is 129 Å². The summed E-state index contributed by atoms with van der Waals surface area (Å²) in [4.78, 5) is 15.9. The standard InChI is InChI=1S/C16H20N2O2S/c1-4-11(2)12-5-7-13(8-6-12)14-10-21-16(17-14)18-15(19)9-20-3/h5-8,10-11H,4,9H2,1-3H3,(H,17,18,19)/t11-/m1/s1. The molecule has 0 fully saturated rings. The van der Waals surface area contributed by atoms with Gasteiger partial charge in [-0.3, -0.25) is 10.1 Å². The zero-order chi connectivity index (χ0) is 15.2. The van der Waals surface area contributed by atoms with Crippen LogP contribution in [-0.2, 0) is 9.53 Å². The van der Waals surface area contributed by atoms with Crippen molar-refractivity contribution in [2.45, 2.75) is 26.2 Å². The first-order chi connectivity index (χ1) is 10.1. The molecule has 2 rings (SSSR count). The molecule has 1 amide bonds. The van der Waals surface area contributed by atoms with Crippen LogP contribution in [0.2, 0.25) is 0 Å². The van der Waals surface area contributed by atoms with Crippen molar-refractivity contribution in [3.8, 4) is 11.3 Å². The fourth-order valence-electron chi connectivity index (χ4n) is 1.97. The number of rotatable bonds is 6. The molecule has 1 aromatic heterocycles. The first-order valence-corrected chi connectivity index (χ1v) is 7.86. The van der Waals surface area contributed by atoms with E-state index in [-0.39, 0.29) is 12.5 Å². The molecule has 1 heterocycles. The van der Waals surface area contributed by atoms with Gasteiger partial charge in [0, 0.05) is 18.1 Å². The molecule has 1 atom stereocenters. The number of thiazole rings is 1. The number of hydrogen-bond donors (Lipinski definition) is 1. The number of methoxy groups -OCH3 is 1. The number of amides is 1. The second-order valence-electron chi connectivity index (χ2n) is 4.95. The van der Waals surface area contributed by atoms with Crippen LogP contribution in [0.15, 0.2) is 29.6 Å². The van der Waals surface area contributed by atoms with Crippen LogP contribution in [-0.4, -0.2) is 24.6 Å². The molecule has 0 saturated carbocycles. The largest absolute Gasteiger partial charge is 0.375 e. The molecule has 1 N–H and O–H groups in total. The number of nitrogens with one attached hydrogen (secondary N) is 1. The summed E-state index contributed by atoms with van der Waals surface area (Å²) in [6, 6.07) is 8.45. The van der Waals surface area contributed by atoms with E-state index in [1.807, 2.05) is 5.38 Å². The Hall–Kier alpha value is -1.72. The highest BCUT2D eigenvalue weighted by Gasteiger charge is 2.08. The van der Waals surface area contributed by atoms with Crippen molar-refractivity contribution < 1.29 is 9.53 Å². The van der Waals surface area contributed by atoms with E-state index in [0.717, 1.165) is 17.7 Å². The molecular weight excluding hydrogens is 284 g/mol. The zero-order valence-corrected chi connectivity index (χ0v) is 13.4. The number of nitrogens with zero attached hydrogens (tertiary/aromatic N) is 1. The molecule has 0 unspecified atom stereocenters. The Kier molecular flexibility index (Phi) is 5.47. The van der Waals surface area contributed by atoms with Crippen LogP contribution >= 0.6 is 11.3 Å². The van der Waals surface area contributed by atoms with E-state index in [1.54, 1.807) is 0 Å². The maximum absolute atomic E-state index is 11.4. The molecule has 4 nitrogen and oxygen atoms in total. The van der Waals surface area contributed by atoms with E-state index in [9.17, 15) is 4.79 Å². The molecule has 112 valence electrons. The van der Waals surface area contributed by atoms with E-state index in [4.69, 9.17) is 4.74 Å². The summed E-state index contributed by atoms with van der Waals surface area (Å²) in [6.07, 6.45) is 1.13. The van der Waals surface area contributed by atoms with Crippen LogP contribution in [0, 0.1) is 0 Å². The van der Waals surface area contributed by atoms with Gasteiger partial charge in [0.05, 0.1) is 5.69 Å². The van der Waals surface area contributed by atoms with E-state index >= 15 is 0 Å². The number of carbonyl (C=O) groups excluding carboxylic acids is 1. The summed E-state index contributed by atoms with van der Waals surface area (Å²) in [5, 5.41) is 5.26. The third kappa shape index (κ3) is 4.12. The number of benzene rings is 1. The Balaban J connectivity index is 2.08. The van der Waals surface area contributed by atoms with Gasteiger partial charge in [-0.1, -0.05) is 38.1 Å². The first kappa shape index (κ1) is 15.7. The Bertz CT molecular complexity index is 593. The van der Waals surface area contributed by atoms with Crippen LogP contribution in [0.4, 0.5) is 5.13 Å². The summed E-state index contributed by atoms with van der Waals surface area (Å²) in [7, 11) is 1.49. The van der Waals surface area contributed by atoms with Crippen LogP contribution in [0.1, 0.15) is 31.7 Å². The van der Waals surface area contributed by atoms with Gasteiger partial charge in [-0.2, -0.15) is 0 Å². The average Bonchev–Trinajstić information content (AvgIpc) is 2.95. The number of carbonyl (C=O) groups is 1. The van der Waals surface area contributed by atoms with E-state index in [0.29, 0.717) is 11.0 Å². The molecular formula is C16H20N2O2S. The highest BCUT2D eigenvalue weighted by molar-refractivity contribution is 7.14. The molecule has 2 aromatic rings. The van der Waals surface area contributed by atoms with Gasteiger partial charge in [0.25, 0.3) is 5.91 Å². The lowest BCUT2D eigenvalue weighted by Gasteiger charge is -2.08. The molecule has 0 spiro atoms. The van der Waals surface area contributed by atoms with Gasteiger partial charge >= 0.3 is 0 Å². The zero-order valence-electron chi connectivity index (χ0n) is 12.6. The number of hydrogen-bond acceptors (Lipinski definition) is 4. The van der Waals surface area contributed by atoms with Crippen molar-refractivity contribution in [1.29, 1.82) is 0 Å². The molecule has 0 aliphatic heterocycles. The van der Waals surface area contributed by atoms with Gasteiger partial charge in [0.1, 0.15) is 6.61 Å². The molecule has 0 aliphatic carbocycles. The average molecular weight is 304 g/mol. The molecule has 0 bridgehead atoms. The molecule has 0 aliphatic rings. The number of aromatic nitrogens is 1. The van der Waals surface area contributed by atoms with Crippen LogP contribution in [0.3, 0.4) is 0 Å². The Morgan fingerprint density at radius 3 is 2.71 bits per heavy atom. The molecule has 5 heteroatoms. The van der Waals surface area contributed by atoms with Gasteiger partial charge in [0.2, 0.25) is 0 Å². The number of ether oxygens (including phenoxy) is 1. The van der Waals surface area contributed by atoms with Gasteiger partial charge in [-0.15, -0.1) is 11.3 Å². The van der Waals surface area contributed by atoms with Crippen molar-refractivity contribution in [2.75, 3.05) is 19.0 Å². The minimum Gasteiger partial charge on any atom is -0.375 e. The Morgan fingerprint density at radius 2 is 2.10 bits per heavy atom. The highest BCUT2D eigenvalue weighted by Crippen LogP contribution is 2.27. The molecule has 21 heavy (non-hydrogen) atoms. The topological polar surface area (TPSA) is 51.2 Å². The van der Waals surface area contributed by atoms with Crippen molar-refractivity contribution in [3.63, 3.8) is 0 Å². The maximum Gasteiger partial charge on any atom is 0.252 e. The van der Waals surface area contributed by atoms with Crippen molar-refractivity contribution >= 4 is 22.4 Å². The number of anilines is 1. The quantitative estimate of drug-likeness (QED) is 0.880. The predicted octanol–water partition coefficient (Wildman–Crippen LogP) is 3.91. The highest BCUT2D eigenvalue weighted by atomic mass is 32.1. The summed E-state index contributed by atoms with van der Waals surface area (Å²) in [6.45, 7) is 4.45. The second-order valence-corrected chi connectivity index (χ2v) is 5.81. The maximum atomic E-state index is 11.4. The van der Waals surface area contributed by atoms with Crippen LogP contribution < -0.4 is 5.32 Å².